The number of urea groups is 1. The number of benzene rings is 2. The molecule has 2 fully saturated rings. The van der Waals surface area contributed by atoms with Crippen molar-refractivity contribution >= 4 is 23.3 Å². The molecule has 0 aliphatic carbocycles. The number of amides is 3. The molecule has 1 atom stereocenters. The van der Waals surface area contributed by atoms with Gasteiger partial charge in [0.1, 0.15) is 0 Å². The van der Waals surface area contributed by atoms with Crippen molar-refractivity contribution in [3.63, 3.8) is 0 Å². The third-order valence-electron chi connectivity index (χ3n) is 7.12. The van der Waals surface area contributed by atoms with Crippen molar-refractivity contribution in [2.75, 3.05) is 49.5 Å². The molecule has 1 N–H and O–H groups in total. The zero-order valence-corrected chi connectivity index (χ0v) is 20.1. The van der Waals surface area contributed by atoms with Crippen LogP contribution in [0.1, 0.15) is 36.0 Å². The Morgan fingerprint density at radius 2 is 1.64 bits per heavy atom. The smallest absolute Gasteiger partial charge is 0.321 e. The maximum absolute atomic E-state index is 13.0. The monoisotopic (exact) mass is 448 g/mol. The minimum Gasteiger partial charge on any atom is -0.368 e. The molecule has 33 heavy (non-hydrogen) atoms. The van der Waals surface area contributed by atoms with Crippen molar-refractivity contribution in [1.29, 1.82) is 0 Å². The van der Waals surface area contributed by atoms with Crippen LogP contribution >= 0.6 is 0 Å². The van der Waals surface area contributed by atoms with Crippen molar-refractivity contribution in [3.8, 4) is 0 Å². The molecule has 6 heteroatoms. The fourth-order valence-electron chi connectivity index (χ4n) is 4.91. The predicted molar refractivity (Wildman–Crippen MR) is 134 cm³/mol. The van der Waals surface area contributed by atoms with E-state index in [0.29, 0.717) is 13.0 Å². The molecule has 0 unspecified atom stereocenters. The summed E-state index contributed by atoms with van der Waals surface area (Å²) in [4.78, 5) is 32.0. The van der Waals surface area contributed by atoms with Crippen LogP contribution in [-0.2, 0) is 4.79 Å². The maximum Gasteiger partial charge on any atom is 0.321 e. The van der Waals surface area contributed by atoms with Gasteiger partial charge in [0, 0.05) is 57.1 Å². The number of nitrogens with zero attached hydrogens (tertiary/aromatic N) is 3. The second kappa shape index (κ2) is 10.3. The van der Waals surface area contributed by atoms with Crippen LogP contribution in [0.25, 0.3) is 0 Å². The second-order valence-electron chi connectivity index (χ2n) is 9.54. The van der Waals surface area contributed by atoms with Gasteiger partial charge in [-0.15, -0.1) is 0 Å². The molecule has 0 bridgehead atoms. The quantitative estimate of drug-likeness (QED) is 0.744. The van der Waals surface area contributed by atoms with Crippen LogP contribution in [0.4, 0.5) is 16.2 Å². The first-order valence-electron chi connectivity index (χ1n) is 12.1. The van der Waals surface area contributed by atoms with Crippen molar-refractivity contribution in [2.45, 2.75) is 40.0 Å². The van der Waals surface area contributed by atoms with Crippen LogP contribution in [0.2, 0.25) is 0 Å². The number of aryl methyl sites for hydroxylation is 2. The van der Waals surface area contributed by atoms with Crippen molar-refractivity contribution in [3.05, 3.63) is 59.2 Å². The van der Waals surface area contributed by atoms with E-state index in [-0.39, 0.29) is 17.9 Å². The summed E-state index contributed by atoms with van der Waals surface area (Å²) in [6.45, 7) is 11.0. The van der Waals surface area contributed by atoms with E-state index in [0.717, 1.165) is 51.3 Å². The van der Waals surface area contributed by atoms with E-state index in [1.165, 1.54) is 22.4 Å². The summed E-state index contributed by atoms with van der Waals surface area (Å²) in [5.74, 6) is 0.452. The molecule has 2 aromatic rings. The van der Waals surface area contributed by atoms with Gasteiger partial charge in [-0.05, 0) is 68.9 Å². The van der Waals surface area contributed by atoms with E-state index in [2.05, 4.69) is 42.3 Å². The SMILES string of the molecule is Cc1ccc(NC(=O)N2CCC[C@H](CC(=O)N3CCN(c4cccc(C)c4C)CC3)C2)cc1. The fourth-order valence-corrected chi connectivity index (χ4v) is 4.91. The Kier molecular flexibility index (Phi) is 7.21. The maximum atomic E-state index is 13.0. The summed E-state index contributed by atoms with van der Waals surface area (Å²) < 4.78 is 0. The van der Waals surface area contributed by atoms with Crippen LogP contribution in [0.15, 0.2) is 42.5 Å². The van der Waals surface area contributed by atoms with Gasteiger partial charge in [-0.1, -0.05) is 29.8 Å². The summed E-state index contributed by atoms with van der Waals surface area (Å²) in [5.41, 5.74) is 5.89. The zero-order chi connectivity index (χ0) is 23.4. The molecule has 2 aliphatic rings. The van der Waals surface area contributed by atoms with Crippen molar-refractivity contribution < 1.29 is 9.59 Å². The number of piperazine rings is 1. The normalized spacial score (nSPS) is 18.9. The van der Waals surface area contributed by atoms with Gasteiger partial charge in [-0.3, -0.25) is 4.79 Å². The molecule has 0 spiro atoms. The Morgan fingerprint density at radius 1 is 0.909 bits per heavy atom. The Morgan fingerprint density at radius 3 is 2.36 bits per heavy atom. The van der Waals surface area contributed by atoms with Gasteiger partial charge in [0.25, 0.3) is 0 Å². The number of carbonyl (C=O) groups is 2. The van der Waals surface area contributed by atoms with E-state index in [4.69, 9.17) is 0 Å². The molecule has 6 nitrogen and oxygen atoms in total. The molecule has 0 saturated carbocycles. The number of carbonyl (C=O) groups excluding carboxylic acids is 2. The van der Waals surface area contributed by atoms with E-state index < -0.39 is 0 Å². The first-order chi connectivity index (χ1) is 15.9. The third kappa shape index (κ3) is 5.67. The Balaban J connectivity index is 1.26. The van der Waals surface area contributed by atoms with Crippen LogP contribution in [-0.4, -0.2) is 61.0 Å². The topological polar surface area (TPSA) is 55.9 Å². The zero-order valence-electron chi connectivity index (χ0n) is 20.1. The van der Waals surface area contributed by atoms with Gasteiger partial charge >= 0.3 is 6.03 Å². The van der Waals surface area contributed by atoms with E-state index in [1.54, 1.807) is 0 Å². The molecule has 2 aromatic carbocycles. The Bertz CT molecular complexity index is 980. The molecular weight excluding hydrogens is 412 g/mol. The Labute approximate surface area is 197 Å². The number of anilines is 2. The molecule has 0 aromatic heterocycles. The van der Waals surface area contributed by atoms with E-state index >= 15 is 0 Å². The van der Waals surface area contributed by atoms with Gasteiger partial charge in [0.05, 0.1) is 0 Å². The van der Waals surface area contributed by atoms with Gasteiger partial charge in [-0.2, -0.15) is 0 Å². The second-order valence-corrected chi connectivity index (χ2v) is 9.54. The number of hydrogen-bond donors (Lipinski definition) is 1. The summed E-state index contributed by atoms with van der Waals surface area (Å²) in [5, 5.41) is 2.99. The Hall–Kier alpha value is -3.02. The molecular formula is C27H36N4O2. The molecule has 0 radical (unpaired) electrons. The van der Waals surface area contributed by atoms with Gasteiger partial charge in [0.2, 0.25) is 5.91 Å². The predicted octanol–water partition coefficient (Wildman–Crippen LogP) is 4.59. The molecule has 176 valence electrons. The average Bonchev–Trinajstić information content (AvgIpc) is 2.82. The lowest BCUT2D eigenvalue weighted by molar-refractivity contribution is -0.132. The highest BCUT2D eigenvalue weighted by atomic mass is 16.2. The number of piperidine rings is 1. The minimum atomic E-state index is -0.0712. The van der Waals surface area contributed by atoms with E-state index in [9.17, 15) is 9.59 Å². The van der Waals surface area contributed by atoms with Crippen LogP contribution < -0.4 is 10.2 Å². The summed E-state index contributed by atoms with van der Waals surface area (Å²) in [6.07, 6.45) is 2.47. The molecule has 2 aliphatic heterocycles. The average molecular weight is 449 g/mol. The molecule has 3 amide bonds. The van der Waals surface area contributed by atoms with Crippen LogP contribution in [0.5, 0.6) is 0 Å². The van der Waals surface area contributed by atoms with Crippen LogP contribution in [0.3, 0.4) is 0 Å². The molecule has 2 heterocycles. The highest BCUT2D eigenvalue weighted by Gasteiger charge is 2.28. The first-order valence-corrected chi connectivity index (χ1v) is 12.1. The fraction of sp³-hybridized carbons (Fsp3) is 0.481. The van der Waals surface area contributed by atoms with Crippen molar-refractivity contribution in [1.82, 2.24) is 9.80 Å². The minimum absolute atomic E-state index is 0.0712. The summed E-state index contributed by atoms with van der Waals surface area (Å²) in [7, 11) is 0. The van der Waals surface area contributed by atoms with Crippen molar-refractivity contribution in [2.24, 2.45) is 5.92 Å². The number of rotatable bonds is 4. The lowest BCUT2D eigenvalue weighted by Crippen LogP contribution is -2.50. The number of likely N-dealkylation sites (tertiary alicyclic amines) is 1. The van der Waals surface area contributed by atoms with Gasteiger partial charge in [-0.25, -0.2) is 4.79 Å². The highest BCUT2D eigenvalue weighted by Crippen LogP contribution is 2.25. The number of nitrogens with one attached hydrogen (secondary N) is 1. The number of hydrogen-bond acceptors (Lipinski definition) is 3. The highest BCUT2D eigenvalue weighted by molar-refractivity contribution is 5.89. The van der Waals surface area contributed by atoms with E-state index in [1.807, 2.05) is 41.0 Å². The van der Waals surface area contributed by atoms with Gasteiger partial charge in [0.15, 0.2) is 0 Å². The standard InChI is InChI=1S/C27H36N4O2/c1-20-9-11-24(12-10-20)28-27(33)31-13-5-7-23(19-31)18-26(32)30-16-14-29(15-17-30)25-8-4-6-21(2)22(25)3/h4,6,8-12,23H,5,7,13-19H2,1-3H3,(H,28,33)/t23-/m1/s1. The third-order valence-corrected chi connectivity index (χ3v) is 7.12. The summed E-state index contributed by atoms with van der Waals surface area (Å²) in [6, 6.07) is 14.2. The van der Waals surface area contributed by atoms with Gasteiger partial charge < -0.3 is 20.0 Å². The largest absolute Gasteiger partial charge is 0.368 e. The first kappa shape index (κ1) is 23.1. The molecule has 4 rings (SSSR count). The lowest BCUT2D eigenvalue weighted by Gasteiger charge is -2.38. The molecule has 2 saturated heterocycles. The van der Waals surface area contributed by atoms with Crippen LogP contribution in [0, 0.1) is 26.7 Å². The summed E-state index contributed by atoms with van der Waals surface area (Å²) >= 11 is 0. The lowest BCUT2D eigenvalue weighted by atomic mass is 9.94.